The van der Waals surface area contributed by atoms with E-state index in [1.165, 1.54) is 5.56 Å². The zero-order chi connectivity index (χ0) is 19.0. The van der Waals surface area contributed by atoms with Gasteiger partial charge in [0.1, 0.15) is 5.60 Å². The molecule has 4 nitrogen and oxygen atoms in total. The molecule has 2 aromatic rings. The summed E-state index contributed by atoms with van der Waals surface area (Å²) in [7, 11) is -0.842. The van der Waals surface area contributed by atoms with Gasteiger partial charge in [0.25, 0.3) is 0 Å². The lowest BCUT2D eigenvalue weighted by atomic mass is 9.86. The van der Waals surface area contributed by atoms with Crippen LogP contribution in [0.2, 0.25) is 13.1 Å². The van der Waals surface area contributed by atoms with Crippen molar-refractivity contribution in [1.82, 2.24) is 4.57 Å². The average molecular weight is 361 g/mol. The van der Waals surface area contributed by atoms with Crippen LogP contribution in [0.25, 0.3) is 10.9 Å². The number of carbonyl (C=O) groups is 1. The summed E-state index contributed by atoms with van der Waals surface area (Å²) in [4.78, 5) is 12.8. The van der Waals surface area contributed by atoms with Gasteiger partial charge in [-0.15, -0.1) is 0 Å². The van der Waals surface area contributed by atoms with Crippen molar-refractivity contribution >= 4 is 26.0 Å². The van der Waals surface area contributed by atoms with E-state index >= 15 is 0 Å². The Bertz CT molecular complexity index is 764. The fourth-order valence-corrected chi connectivity index (χ4v) is 3.02. The van der Waals surface area contributed by atoms with Crippen LogP contribution in [0, 0.1) is 0 Å². The second kappa shape index (κ2) is 6.96. The Hall–Kier alpha value is -1.59. The van der Waals surface area contributed by atoms with Gasteiger partial charge in [0, 0.05) is 5.39 Å². The minimum absolute atomic E-state index is 0.0574. The molecule has 0 aliphatic carbocycles. The number of hydrogen-bond acceptors (Lipinski definition) is 3. The molecule has 0 unspecified atom stereocenters. The van der Waals surface area contributed by atoms with Crippen LogP contribution in [0.15, 0.2) is 24.3 Å². The third-order valence-electron chi connectivity index (χ3n) is 3.83. The zero-order valence-electron chi connectivity index (χ0n) is 16.7. The lowest BCUT2D eigenvalue weighted by Crippen LogP contribution is -2.28. The Morgan fingerprint density at radius 3 is 2.24 bits per heavy atom. The highest BCUT2D eigenvalue weighted by Gasteiger charge is 2.23. The van der Waals surface area contributed by atoms with Gasteiger partial charge >= 0.3 is 6.09 Å². The van der Waals surface area contributed by atoms with Crippen molar-refractivity contribution in [2.75, 3.05) is 0 Å². The molecule has 0 N–H and O–H groups in total. The summed E-state index contributed by atoms with van der Waals surface area (Å²) >= 11 is 0. The van der Waals surface area contributed by atoms with Gasteiger partial charge < -0.3 is 9.16 Å². The van der Waals surface area contributed by atoms with Crippen molar-refractivity contribution in [3.8, 4) is 0 Å². The summed E-state index contributed by atoms with van der Waals surface area (Å²) in [6.07, 6.45) is -0.356. The molecule has 0 bridgehead atoms. The quantitative estimate of drug-likeness (QED) is 0.680. The van der Waals surface area contributed by atoms with Crippen molar-refractivity contribution in [3.63, 3.8) is 0 Å². The molecule has 0 fully saturated rings. The fourth-order valence-electron chi connectivity index (χ4n) is 2.59. The van der Waals surface area contributed by atoms with E-state index in [1.807, 2.05) is 32.9 Å². The third-order valence-corrected chi connectivity index (χ3v) is 4.55. The fraction of sp³-hybridized carbons (Fsp3) is 0.550. The Balaban J connectivity index is 2.54. The van der Waals surface area contributed by atoms with Crippen molar-refractivity contribution in [2.24, 2.45) is 0 Å². The first kappa shape index (κ1) is 19.7. The highest BCUT2D eigenvalue weighted by molar-refractivity contribution is 6.48. The molecule has 0 spiro atoms. The first-order valence-electron chi connectivity index (χ1n) is 8.69. The Morgan fingerprint density at radius 1 is 1.08 bits per heavy atom. The second-order valence-electron chi connectivity index (χ2n) is 8.67. The highest BCUT2D eigenvalue weighted by Crippen LogP contribution is 2.29. The van der Waals surface area contributed by atoms with Gasteiger partial charge in [-0.1, -0.05) is 26.8 Å². The molecule has 2 rings (SSSR count). The van der Waals surface area contributed by atoms with Crippen molar-refractivity contribution in [3.05, 3.63) is 35.5 Å². The van der Waals surface area contributed by atoms with Gasteiger partial charge in [-0.25, -0.2) is 9.36 Å². The monoisotopic (exact) mass is 360 g/mol. The summed E-state index contributed by atoms with van der Waals surface area (Å²) in [6, 6.07) is 8.29. The predicted molar refractivity (Wildman–Crippen MR) is 105 cm³/mol. The first-order valence-corrected chi connectivity index (χ1v) is 11.1. The van der Waals surface area contributed by atoms with Crippen LogP contribution in [0.3, 0.4) is 0 Å². The summed E-state index contributed by atoms with van der Waals surface area (Å²) in [5.41, 5.74) is 2.46. The smallest absolute Gasteiger partial charge is 0.419 e. The maximum Gasteiger partial charge on any atom is 0.419 e. The van der Waals surface area contributed by atoms with Crippen molar-refractivity contribution < 1.29 is 14.0 Å². The molecule has 0 atom stereocenters. The number of benzene rings is 1. The minimum Gasteiger partial charge on any atom is -0.443 e. The van der Waals surface area contributed by atoms with E-state index in [2.05, 4.69) is 46.0 Å². The molecule has 1 radical (unpaired) electrons. The molecule has 1 heterocycles. The van der Waals surface area contributed by atoms with Gasteiger partial charge in [-0.3, -0.25) is 0 Å². The SMILES string of the molecule is C[Si](C)OCc1cc2cc(C(C)(C)C)ccc2n1C(=O)OC(C)(C)C. The number of rotatable bonds is 3. The standard InChI is InChI=1S/C20H30NO3Si/c1-19(2,3)15-9-10-17-14(11-15)12-16(13-23-25(7)8)21(17)18(22)24-20(4,5)6/h9-12H,13H2,1-8H3. The van der Waals surface area contributed by atoms with Crippen LogP contribution < -0.4 is 0 Å². The molecule has 0 amide bonds. The normalized spacial score (nSPS) is 12.8. The number of ether oxygens (including phenoxy) is 1. The van der Waals surface area contributed by atoms with Crippen LogP contribution in [-0.4, -0.2) is 25.3 Å². The molecule has 25 heavy (non-hydrogen) atoms. The van der Waals surface area contributed by atoms with Crippen LogP contribution in [0.1, 0.15) is 52.8 Å². The van der Waals surface area contributed by atoms with E-state index in [9.17, 15) is 4.79 Å². The summed E-state index contributed by atoms with van der Waals surface area (Å²) in [6.45, 7) is 16.8. The summed E-state index contributed by atoms with van der Waals surface area (Å²) < 4.78 is 13.1. The second-order valence-corrected chi connectivity index (χ2v) is 10.8. The van der Waals surface area contributed by atoms with Gasteiger partial charge in [-0.2, -0.15) is 0 Å². The molecule has 0 aliphatic heterocycles. The van der Waals surface area contributed by atoms with Gasteiger partial charge in [0.2, 0.25) is 9.04 Å². The molecular weight excluding hydrogens is 330 g/mol. The Morgan fingerprint density at radius 2 is 1.72 bits per heavy atom. The zero-order valence-corrected chi connectivity index (χ0v) is 17.7. The first-order chi connectivity index (χ1) is 11.4. The molecular formula is C20H30NO3Si. The molecule has 0 aliphatic rings. The van der Waals surface area contributed by atoms with E-state index in [0.29, 0.717) is 6.61 Å². The maximum absolute atomic E-state index is 12.8. The summed E-state index contributed by atoms with van der Waals surface area (Å²) in [5, 5.41) is 1.04. The minimum atomic E-state index is -0.842. The lowest BCUT2D eigenvalue weighted by Gasteiger charge is -2.21. The number of fused-ring (bicyclic) bond motifs is 1. The van der Waals surface area contributed by atoms with Gasteiger partial charge in [0.15, 0.2) is 0 Å². The Kier molecular flexibility index (Phi) is 5.49. The van der Waals surface area contributed by atoms with Gasteiger partial charge in [0.05, 0.1) is 17.8 Å². The van der Waals surface area contributed by atoms with Gasteiger partial charge in [-0.05, 0) is 63.0 Å². The molecule has 1 aromatic heterocycles. The number of carbonyl (C=O) groups excluding carboxylic acids is 1. The molecule has 0 saturated carbocycles. The highest BCUT2D eigenvalue weighted by atomic mass is 28.3. The van der Waals surface area contributed by atoms with E-state index in [0.717, 1.165) is 16.6 Å². The third kappa shape index (κ3) is 4.95. The van der Waals surface area contributed by atoms with Crippen LogP contribution in [0.5, 0.6) is 0 Å². The Labute approximate surface area is 152 Å². The maximum atomic E-state index is 12.8. The lowest BCUT2D eigenvalue weighted by molar-refractivity contribution is 0.0535. The van der Waals surface area contributed by atoms with Crippen LogP contribution in [-0.2, 0) is 21.2 Å². The molecule has 5 heteroatoms. The molecule has 1 aromatic carbocycles. The van der Waals surface area contributed by atoms with E-state index in [-0.39, 0.29) is 11.5 Å². The van der Waals surface area contributed by atoms with Crippen LogP contribution in [0.4, 0.5) is 4.79 Å². The van der Waals surface area contributed by atoms with E-state index in [1.54, 1.807) is 4.57 Å². The van der Waals surface area contributed by atoms with Crippen molar-refractivity contribution in [2.45, 2.75) is 72.3 Å². The van der Waals surface area contributed by atoms with E-state index in [4.69, 9.17) is 9.16 Å². The molecule has 137 valence electrons. The molecule has 0 saturated heterocycles. The topological polar surface area (TPSA) is 40.5 Å². The summed E-state index contributed by atoms with van der Waals surface area (Å²) in [5.74, 6) is 0. The number of hydrogen-bond donors (Lipinski definition) is 0. The largest absolute Gasteiger partial charge is 0.443 e. The van der Waals surface area contributed by atoms with Crippen LogP contribution >= 0.6 is 0 Å². The number of nitrogens with zero attached hydrogens (tertiary/aromatic N) is 1. The van der Waals surface area contributed by atoms with Crippen molar-refractivity contribution in [1.29, 1.82) is 0 Å². The number of aromatic nitrogens is 1. The predicted octanol–water partition coefficient (Wildman–Crippen LogP) is 5.49. The average Bonchev–Trinajstić information content (AvgIpc) is 2.79. The van der Waals surface area contributed by atoms with E-state index < -0.39 is 14.6 Å².